The van der Waals surface area contributed by atoms with Crippen LogP contribution >= 0.6 is 23.2 Å². The van der Waals surface area contributed by atoms with Gasteiger partial charge in [0, 0.05) is 31.8 Å². The fraction of sp³-hybridized carbons (Fsp3) is 0.476. The number of amides is 1. The molecule has 0 bridgehead atoms. The Morgan fingerprint density at radius 1 is 1.19 bits per heavy atom. The third-order valence-corrected chi connectivity index (χ3v) is 5.70. The fourth-order valence-electron chi connectivity index (χ4n) is 3.45. The van der Waals surface area contributed by atoms with E-state index in [0.717, 1.165) is 0 Å². The summed E-state index contributed by atoms with van der Waals surface area (Å²) in [6, 6.07) is 6.48. The van der Waals surface area contributed by atoms with Crippen LogP contribution in [0.15, 0.2) is 24.3 Å². The van der Waals surface area contributed by atoms with Crippen molar-refractivity contribution in [3.63, 3.8) is 0 Å². The van der Waals surface area contributed by atoms with Crippen LogP contribution in [0.1, 0.15) is 20.8 Å². The summed E-state index contributed by atoms with van der Waals surface area (Å²) in [6.07, 6.45) is -0.461. The highest BCUT2D eigenvalue weighted by molar-refractivity contribution is 6.43. The van der Waals surface area contributed by atoms with Crippen molar-refractivity contribution in [2.24, 2.45) is 7.05 Å². The van der Waals surface area contributed by atoms with E-state index in [0.29, 0.717) is 40.2 Å². The number of hydrogen-bond acceptors (Lipinski definition) is 6. The molecule has 1 unspecified atom stereocenters. The van der Waals surface area contributed by atoms with Crippen LogP contribution < -0.4 is 4.90 Å². The summed E-state index contributed by atoms with van der Waals surface area (Å²) in [5.41, 5.74) is 0.698. The maximum atomic E-state index is 12.6. The molecule has 1 amide bonds. The minimum absolute atomic E-state index is 0.139. The number of methoxy groups -OCH3 is 1. The molecule has 1 saturated heterocycles. The number of halogens is 2. The molecule has 0 saturated carbocycles. The Kier molecular flexibility index (Phi) is 6.71. The second-order valence-electron chi connectivity index (χ2n) is 8.27. The smallest absolute Gasteiger partial charge is 0.410 e. The van der Waals surface area contributed by atoms with E-state index in [-0.39, 0.29) is 6.54 Å². The minimum Gasteiger partial charge on any atom is -0.467 e. The van der Waals surface area contributed by atoms with E-state index in [1.54, 1.807) is 44.6 Å². The van der Waals surface area contributed by atoms with E-state index in [1.165, 1.54) is 12.0 Å². The summed E-state index contributed by atoms with van der Waals surface area (Å²) >= 11 is 12.5. The Bertz CT molecular complexity index is 986. The highest BCUT2D eigenvalue weighted by Gasteiger charge is 2.38. The van der Waals surface area contributed by atoms with Gasteiger partial charge in [-0.2, -0.15) is 5.10 Å². The highest BCUT2D eigenvalue weighted by Crippen LogP contribution is 2.35. The van der Waals surface area contributed by atoms with Crippen molar-refractivity contribution in [3.8, 4) is 11.3 Å². The lowest BCUT2D eigenvalue weighted by atomic mass is 10.1. The van der Waals surface area contributed by atoms with Crippen molar-refractivity contribution < 1.29 is 19.1 Å². The maximum Gasteiger partial charge on any atom is 0.410 e. The van der Waals surface area contributed by atoms with Gasteiger partial charge in [-0.05, 0) is 26.8 Å². The summed E-state index contributed by atoms with van der Waals surface area (Å²) in [5, 5.41) is 5.40. The number of piperazine rings is 1. The van der Waals surface area contributed by atoms with Crippen LogP contribution in [-0.4, -0.2) is 65.1 Å². The van der Waals surface area contributed by atoms with Gasteiger partial charge in [0.2, 0.25) is 0 Å². The van der Waals surface area contributed by atoms with Gasteiger partial charge in [0.05, 0.1) is 29.4 Å². The molecular weight excluding hydrogens is 443 g/mol. The average Bonchev–Trinajstić information content (AvgIpc) is 3.08. The normalized spacial score (nSPS) is 16.9. The molecule has 31 heavy (non-hydrogen) atoms. The highest BCUT2D eigenvalue weighted by atomic mass is 35.5. The molecule has 0 aliphatic carbocycles. The molecule has 8 nitrogen and oxygen atoms in total. The standard InChI is InChI=1S/C21H26Cl2N4O4/c1-21(2,3)31-20(29)26-9-10-27(16(12-26)19(28)30-5)17-11-15(24-25(17)4)13-7-6-8-14(22)18(13)23/h6-8,11,16H,9-10,12H2,1-5H3. The van der Waals surface area contributed by atoms with E-state index >= 15 is 0 Å². The van der Waals surface area contributed by atoms with Gasteiger partial charge in [-0.15, -0.1) is 0 Å². The Hall–Kier alpha value is -2.45. The summed E-state index contributed by atoms with van der Waals surface area (Å²) < 4.78 is 12.1. The van der Waals surface area contributed by atoms with Gasteiger partial charge in [-0.25, -0.2) is 9.59 Å². The molecule has 1 aliphatic rings. The number of ether oxygens (including phenoxy) is 2. The molecule has 1 aromatic carbocycles. The minimum atomic E-state index is -0.704. The first-order chi connectivity index (χ1) is 14.5. The quantitative estimate of drug-likeness (QED) is 0.633. The summed E-state index contributed by atoms with van der Waals surface area (Å²) in [4.78, 5) is 28.5. The van der Waals surface area contributed by atoms with Crippen LogP contribution in [-0.2, 0) is 21.3 Å². The predicted molar refractivity (Wildman–Crippen MR) is 120 cm³/mol. The fourth-order valence-corrected chi connectivity index (χ4v) is 3.84. The maximum absolute atomic E-state index is 12.6. The van der Waals surface area contributed by atoms with E-state index in [1.807, 2.05) is 17.0 Å². The molecule has 2 heterocycles. The third kappa shape index (κ3) is 5.07. The molecule has 10 heteroatoms. The van der Waals surface area contributed by atoms with E-state index in [2.05, 4.69) is 5.10 Å². The topological polar surface area (TPSA) is 76.9 Å². The first kappa shape index (κ1) is 23.2. The zero-order valence-electron chi connectivity index (χ0n) is 18.2. The largest absolute Gasteiger partial charge is 0.467 e. The number of carbonyl (C=O) groups is 2. The first-order valence-corrected chi connectivity index (χ1v) is 10.6. The Labute approximate surface area is 191 Å². The molecule has 2 aromatic rings. The predicted octanol–water partition coefficient (Wildman–Crippen LogP) is 3.99. The van der Waals surface area contributed by atoms with Gasteiger partial charge in [0.25, 0.3) is 0 Å². The van der Waals surface area contributed by atoms with Gasteiger partial charge in [-0.3, -0.25) is 4.68 Å². The first-order valence-electron chi connectivity index (χ1n) is 9.82. The Balaban J connectivity index is 1.90. The second kappa shape index (κ2) is 8.96. The molecule has 1 aromatic heterocycles. The summed E-state index contributed by atoms with van der Waals surface area (Å²) in [7, 11) is 3.11. The SMILES string of the molecule is COC(=O)C1CN(C(=O)OC(C)(C)C)CCN1c1cc(-c2cccc(Cl)c2Cl)nn1C. The monoisotopic (exact) mass is 468 g/mol. The number of aryl methyl sites for hydroxylation is 1. The van der Waals surface area contributed by atoms with Crippen molar-refractivity contribution >= 4 is 41.1 Å². The van der Waals surface area contributed by atoms with Gasteiger partial charge >= 0.3 is 12.1 Å². The zero-order valence-corrected chi connectivity index (χ0v) is 19.7. The molecule has 168 valence electrons. The molecule has 1 atom stereocenters. The molecule has 0 spiro atoms. The van der Waals surface area contributed by atoms with E-state index in [4.69, 9.17) is 32.7 Å². The molecule has 0 radical (unpaired) electrons. The van der Waals surface area contributed by atoms with Crippen molar-refractivity contribution in [2.45, 2.75) is 32.4 Å². The number of benzene rings is 1. The molecule has 0 N–H and O–H groups in total. The summed E-state index contributed by atoms with van der Waals surface area (Å²) in [6.45, 7) is 6.34. The molecule has 3 rings (SSSR count). The lowest BCUT2D eigenvalue weighted by Gasteiger charge is -2.40. The number of hydrogen-bond donors (Lipinski definition) is 0. The van der Waals surface area contributed by atoms with Crippen LogP contribution in [0.25, 0.3) is 11.3 Å². The zero-order chi connectivity index (χ0) is 22.9. The Morgan fingerprint density at radius 3 is 2.55 bits per heavy atom. The van der Waals surface area contributed by atoms with E-state index in [9.17, 15) is 9.59 Å². The van der Waals surface area contributed by atoms with Gasteiger partial charge in [0.1, 0.15) is 17.5 Å². The van der Waals surface area contributed by atoms with Crippen LogP contribution in [0.2, 0.25) is 10.0 Å². The van der Waals surface area contributed by atoms with Crippen LogP contribution in [0.5, 0.6) is 0 Å². The van der Waals surface area contributed by atoms with Crippen molar-refractivity contribution in [1.29, 1.82) is 0 Å². The van der Waals surface area contributed by atoms with Crippen LogP contribution in [0.3, 0.4) is 0 Å². The number of aromatic nitrogens is 2. The van der Waals surface area contributed by atoms with Gasteiger partial charge in [-0.1, -0.05) is 35.3 Å². The number of esters is 1. The van der Waals surface area contributed by atoms with E-state index < -0.39 is 23.7 Å². The van der Waals surface area contributed by atoms with Gasteiger partial charge in [0.15, 0.2) is 0 Å². The van der Waals surface area contributed by atoms with Crippen LogP contribution in [0, 0.1) is 0 Å². The van der Waals surface area contributed by atoms with Crippen molar-refractivity contribution in [3.05, 3.63) is 34.3 Å². The lowest BCUT2D eigenvalue weighted by Crippen LogP contribution is -2.59. The van der Waals surface area contributed by atoms with Crippen molar-refractivity contribution in [1.82, 2.24) is 14.7 Å². The Morgan fingerprint density at radius 2 is 1.90 bits per heavy atom. The van der Waals surface area contributed by atoms with Gasteiger partial charge < -0.3 is 19.3 Å². The molecule has 1 fully saturated rings. The lowest BCUT2D eigenvalue weighted by molar-refractivity contribution is -0.143. The molecular formula is C21H26Cl2N4O4. The van der Waals surface area contributed by atoms with Crippen LogP contribution in [0.4, 0.5) is 10.6 Å². The number of nitrogens with zero attached hydrogens (tertiary/aromatic N) is 4. The number of rotatable bonds is 3. The molecule has 1 aliphatic heterocycles. The van der Waals surface area contributed by atoms with Crippen molar-refractivity contribution in [2.75, 3.05) is 31.6 Å². The number of anilines is 1. The average molecular weight is 469 g/mol. The summed E-state index contributed by atoms with van der Waals surface area (Å²) in [5.74, 6) is 0.252. The second-order valence-corrected chi connectivity index (χ2v) is 9.06. The number of carbonyl (C=O) groups excluding carboxylic acids is 2. The third-order valence-electron chi connectivity index (χ3n) is 4.88.